The van der Waals surface area contributed by atoms with E-state index in [4.69, 9.17) is 9.84 Å². The van der Waals surface area contributed by atoms with E-state index in [2.05, 4.69) is 5.32 Å². The fourth-order valence-electron chi connectivity index (χ4n) is 2.11. The van der Waals surface area contributed by atoms with Gasteiger partial charge in [-0.3, -0.25) is 4.79 Å². The van der Waals surface area contributed by atoms with Crippen molar-refractivity contribution in [3.8, 4) is 5.75 Å². The molecule has 1 unspecified atom stereocenters. The first-order valence-corrected chi connectivity index (χ1v) is 6.06. The smallest absolute Gasteiger partial charge is 0.244 e. The Morgan fingerprint density at radius 2 is 2.17 bits per heavy atom. The summed E-state index contributed by atoms with van der Waals surface area (Å²) >= 11 is 0. The van der Waals surface area contributed by atoms with Crippen molar-refractivity contribution < 1.29 is 14.6 Å². The van der Waals surface area contributed by atoms with Gasteiger partial charge in [-0.2, -0.15) is 0 Å². The zero-order chi connectivity index (χ0) is 13.0. The van der Waals surface area contributed by atoms with Crippen LogP contribution in [0.5, 0.6) is 5.75 Å². The molecule has 1 atom stereocenters. The Kier molecular flexibility index (Phi) is 4.17. The fraction of sp³-hybridized carbons (Fsp3) is 0.462. The number of nitrogens with zero attached hydrogens (tertiary/aromatic N) is 1. The second kappa shape index (κ2) is 5.84. The van der Waals surface area contributed by atoms with Crippen molar-refractivity contribution in [2.24, 2.45) is 0 Å². The lowest BCUT2D eigenvalue weighted by molar-refractivity contribution is -0.122. The highest BCUT2D eigenvalue weighted by molar-refractivity contribution is 5.98. The second-order valence-electron chi connectivity index (χ2n) is 4.21. The van der Waals surface area contributed by atoms with Crippen molar-refractivity contribution in [2.45, 2.75) is 12.5 Å². The summed E-state index contributed by atoms with van der Waals surface area (Å²) in [6.07, 6.45) is 0.450. The number of benzene rings is 1. The Balaban J connectivity index is 2.13. The van der Waals surface area contributed by atoms with Crippen molar-refractivity contribution in [2.75, 3.05) is 31.7 Å². The maximum Gasteiger partial charge on any atom is 0.244 e. The van der Waals surface area contributed by atoms with E-state index in [1.165, 1.54) is 0 Å². The molecule has 5 heteroatoms. The summed E-state index contributed by atoms with van der Waals surface area (Å²) in [6, 6.07) is 7.14. The number of anilines is 1. The molecule has 98 valence electrons. The Hall–Kier alpha value is -1.59. The van der Waals surface area contributed by atoms with Crippen LogP contribution in [0.25, 0.3) is 0 Å². The largest absolute Gasteiger partial charge is 0.497 e. The van der Waals surface area contributed by atoms with E-state index in [0.717, 1.165) is 18.0 Å². The number of carbonyl (C=O) groups excluding carboxylic acids is 1. The van der Waals surface area contributed by atoms with E-state index in [-0.39, 0.29) is 18.6 Å². The number of nitrogens with one attached hydrogen (secondary N) is 1. The van der Waals surface area contributed by atoms with E-state index in [1.54, 1.807) is 12.0 Å². The van der Waals surface area contributed by atoms with Crippen LogP contribution in [0.1, 0.15) is 6.42 Å². The minimum absolute atomic E-state index is 0.0137. The summed E-state index contributed by atoms with van der Waals surface area (Å²) in [7, 11) is 1.61. The molecule has 1 amide bonds. The number of carbonyl (C=O) groups is 1. The molecule has 0 aliphatic carbocycles. The Morgan fingerprint density at radius 3 is 2.78 bits per heavy atom. The summed E-state index contributed by atoms with van der Waals surface area (Å²) in [6.45, 7) is 1.40. The van der Waals surface area contributed by atoms with Crippen LogP contribution < -0.4 is 15.0 Å². The topological polar surface area (TPSA) is 61.8 Å². The van der Waals surface area contributed by atoms with Gasteiger partial charge in [0.15, 0.2) is 0 Å². The van der Waals surface area contributed by atoms with Gasteiger partial charge >= 0.3 is 0 Å². The number of piperazine rings is 1. The van der Waals surface area contributed by atoms with E-state index in [1.807, 2.05) is 24.3 Å². The zero-order valence-corrected chi connectivity index (χ0v) is 10.4. The fourth-order valence-corrected chi connectivity index (χ4v) is 2.11. The molecule has 2 N–H and O–H groups in total. The van der Waals surface area contributed by atoms with Gasteiger partial charge in [-0.15, -0.1) is 0 Å². The molecule has 1 heterocycles. The van der Waals surface area contributed by atoms with Crippen LogP contribution >= 0.6 is 0 Å². The first kappa shape index (κ1) is 12.9. The summed E-state index contributed by atoms with van der Waals surface area (Å²) in [5.74, 6) is 0.786. The van der Waals surface area contributed by atoms with E-state index in [9.17, 15) is 4.79 Å². The SMILES string of the molecule is COc1ccc(N2CCNC(CCO)C2=O)cc1. The van der Waals surface area contributed by atoms with Gasteiger partial charge in [0.2, 0.25) is 5.91 Å². The molecule has 0 spiro atoms. The van der Waals surface area contributed by atoms with Gasteiger partial charge in [0.25, 0.3) is 0 Å². The van der Waals surface area contributed by atoms with Gasteiger partial charge in [0.1, 0.15) is 5.75 Å². The molecule has 18 heavy (non-hydrogen) atoms. The second-order valence-corrected chi connectivity index (χ2v) is 4.21. The molecule has 1 saturated heterocycles. The molecule has 1 aliphatic rings. The predicted molar refractivity (Wildman–Crippen MR) is 68.8 cm³/mol. The van der Waals surface area contributed by atoms with E-state index < -0.39 is 0 Å². The van der Waals surface area contributed by atoms with Gasteiger partial charge in [-0.05, 0) is 30.7 Å². The van der Waals surface area contributed by atoms with Crippen LogP contribution in [0.2, 0.25) is 0 Å². The van der Waals surface area contributed by atoms with Gasteiger partial charge < -0.3 is 20.1 Å². The summed E-state index contributed by atoms with van der Waals surface area (Å²) < 4.78 is 5.09. The molecule has 0 radical (unpaired) electrons. The normalized spacial score (nSPS) is 20.0. The van der Waals surface area contributed by atoms with Crippen LogP contribution in [0.15, 0.2) is 24.3 Å². The molecule has 0 bridgehead atoms. The van der Waals surface area contributed by atoms with Crippen LogP contribution in [-0.2, 0) is 4.79 Å². The van der Waals surface area contributed by atoms with Crippen molar-refractivity contribution in [1.29, 1.82) is 0 Å². The number of hydrogen-bond donors (Lipinski definition) is 2. The van der Waals surface area contributed by atoms with Gasteiger partial charge in [0.05, 0.1) is 13.2 Å². The highest BCUT2D eigenvalue weighted by Crippen LogP contribution is 2.21. The lowest BCUT2D eigenvalue weighted by Gasteiger charge is -2.33. The summed E-state index contributed by atoms with van der Waals surface area (Å²) in [5.41, 5.74) is 0.866. The molecular weight excluding hydrogens is 232 g/mol. The molecule has 1 fully saturated rings. The third-order valence-corrected chi connectivity index (χ3v) is 3.09. The van der Waals surface area contributed by atoms with Crippen molar-refractivity contribution in [3.05, 3.63) is 24.3 Å². The highest BCUT2D eigenvalue weighted by Gasteiger charge is 2.28. The number of aliphatic hydroxyl groups is 1. The molecule has 1 aliphatic heterocycles. The van der Waals surface area contributed by atoms with Crippen LogP contribution in [0.3, 0.4) is 0 Å². The lowest BCUT2D eigenvalue weighted by Crippen LogP contribution is -2.55. The standard InChI is InChI=1S/C13H18N2O3/c1-18-11-4-2-10(3-5-11)15-8-7-14-12(6-9-16)13(15)17/h2-5,12,14,16H,6-9H2,1H3. The van der Waals surface area contributed by atoms with Gasteiger partial charge in [-0.1, -0.05) is 0 Å². The molecule has 0 saturated carbocycles. The monoisotopic (exact) mass is 250 g/mol. The Morgan fingerprint density at radius 1 is 1.44 bits per heavy atom. The molecule has 1 aromatic rings. The number of rotatable bonds is 4. The quantitative estimate of drug-likeness (QED) is 0.811. The average Bonchev–Trinajstić information content (AvgIpc) is 2.42. The minimum atomic E-state index is -0.286. The van der Waals surface area contributed by atoms with Gasteiger partial charge in [0, 0.05) is 25.4 Å². The van der Waals surface area contributed by atoms with Crippen LogP contribution in [0, 0.1) is 0 Å². The molecule has 0 aromatic heterocycles. The Bertz CT molecular complexity index is 403. The van der Waals surface area contributed by atoms with E-state index >= 15 is 0 Å². The number of hydrogen-bond acceptors (Lipinski definition) is 4. The third-order valence-electron chi connectivity index (χ3n) is 3.09. The Labute approximate surface area is 106 Å². The number of ether oxygens (including phenoxy) is 1. The number of amides is 1. The summed E-state index contributed by atoms with van der Waals surface area (Å²) in [5, 5.41) is 12.1. The third kappa shape index (κ3) is 2.63. The molecule has 1 aromatic carbocycles. The maximum atomic E-state index is 12.2. The molecule has 2 rings (SSSR count). The maximum absolute atomic E-state index is 12.2. The van der Waals surface area contributed by atoms with Crippen molar-refractivity contribution in [1.82, 2.24) is 5.32 Å². The number of methoxy groups -OCH3 is 1. The van der Waals surface area contributed by atoms with Crippen LogP contribution in [0.4, 0.5) is 5.69 Å². The van der Waals surface area contributed by atoms with Crippen LogP contribution in [-0.4, -0.2) is 43.9 Å². The van der Waals surface area contributed by atoms with Crippen molar-refractivity contribution in [3.63, 3.8) is 0 Å². The lowest BCUT2D eigenvalue weighted by atomic mass is 10.1. The first-order chi connectivity index (χ1) is 8.76. The molecule has 5 nitrogen and oxygen atoms in total. The zero-order valence-electron chi connectivity index (χ0n) is 10.4. The highest BCUT2D eigenvalue weighted by atomic mass is 16.5. The molecular formula is C13H18N2O3. The average molecular weight is 250 g/mol. The number of aliphatic hydroxyl groups excluding tert-OH is 1. The predicted octanol–water partition coefficient (Wildman–Crippen LogP) is 0.382. The summed E-state index contributed by atoms with van der Waals surface area (Å²) in [4.78, 5) is 13.9. The van der Waals surface area contributed by atoms with Crippen molar-refractivity contribution >= 4 is 11.6 Å². The van der Waals surface area contributed by atoms with Gasteiger partial charge in [-0.25, -0.2) is 0 Å². The minimum Gasteiger partial charge on any atom is -0.497 e. The van der Waals surface area contributed by atoms with E-state index in [0.29, 0.717) is 13.0 Å². The first-order valence-electron chi connectivity index (χ1n) is 6.06.